The van der Waals surface area contributed by atoms with Crippen LogP contribution in [-0.4, -0.2) is 44.6 Å². The van der Waals surface area contributed by atoms with Gasteiger partial charge >= 0.3 is 6.18 Å². The van der Waals surface area contributed by atoms with Crippen LogP contribution < -0.4 is 5.32 Å². The first-order valence-corrected chi connectivity index (χ1v) is 12.4. The van der Waals surface area contributed by atoms with E-state index in [2.05, 4.69) is 20.2 Å². The highest BCUT2D eigenvalue weighted by molar-refractivity contribution is 6.44. The van der Waals surface area contributed by atoms with Crippen molar-refractivity contribution < 1.29 is 18.0 Å². The average Bonchev–Trinajstić information content (AvgIpc) is 3.15. The van der Waals surface area contributed by atoms with Gasteiger partial charge in [-0.2, -0.15) is 13.2 Å². The molecule has 0 radical (unpaired) electrons. The molecule has 36 heavy (non-hydrogen) atoms. The fourth-order valence-corrected chi connectivity index (χ4v) is 4.92. The van der Waals surface area contributed by atoms with Crippen LogP contribution in [0.2, 0.25) is 15.2 Å². The molecule has 1 aliphatic rings. The molecule has 0 fully saturated rings. The Kier molecular flexibility index (Phi) is 8.14. The molecule has 3 heterocycles. The fraction of sp³-hybridized carbons (Fsp3) is 0.375. The minimum absolute atomic E-state index is 0.0967. The third-order valence-electron chi connectivity index (χ3n) is 6.11. The quantitative estimate of drug-likeness (QED) is 0.255. The molecule has 0 aliphatic carbocycles. The Morgan fingerprint density at radius 1 is 1.11 bits per heavy atom. The summed E-state index contributed by atoms with van der Waals surface area (Å²) in [5.74, 6) is -0.202. The number of alkyl halides is 3. The standard InChI is InChI=1S/C24H23Cl3F3N5O/c1-34-18-8-12-35(11-3-2-9-24(28,29)30)13-17(18)32-22(34)23(36)33-16-6-4-5-14(19(16)25)15-7-10-31-21(27)20(15)26/h4-7,10H,2-3,8-9,11-13H2,1H3,(H,33,36). The summed E-state index contributed by atoms with van der Waals surface area (Å²) in [6.07, 6.45) is -2.18. The minimum atomic E-state index is -4.13. The molecule has 2 aromatic heterocycles. The van der Waals surface area contributed by atoms with Crippen molar-refractivity contribution >= 4 is 46.4 Å². The summed E-state index contributed by atoms with van der Waals surface area (Å²) in [6, 6.07) is 6.86. The Morgan fingerprint density at radius 3 is 2.61 bits per heavy atom. The Bertz CT molecular complexity index is 1280. The van der Waals surface area contributed by atoms with Crippen LogP contribution in [0.4, 0.5) is 18.9 Å². The van der Waals surface area contributed by atoms with Crippen LogP contribution in [0.15, 0.2) is 30.5 Å². The number of unbranched alkanes of at least 4 members (excludes halogenated alkanes) is 1. The molecule has 0 atom stereocenters. The van der Waals surface area contributed by atoms with Crippen LogP contribution >= 0.6 is 34.8 Å². The molecule has 3 aromatic rings. The van der Waals surface area contributed by atoms with Crippen LogP contribution in [-0.2, 0) is 20.0 Å². The van der Waals surface area contributed by atoms with Gasteiger partial charge in [-0.1, -0.05) is 46.9 Å². The van der Waals surface area contributed by atoms with Crippen molar-refractivity contribution in [2.75, 3.05) is 18.4 Å². The third kappa shape index (κ3) is 5.96. The monoisotopic (exact) mass is 559 g/mol. The number of nitrogens with one attached hydrogen (secondary N) is 1. The number of anilines is 1. The van der Waals surface area contributed by atoms with Crippen LogP contribution in [0.3, 0.4) is 0 Å². The van der Waals surface area contributed by atoms with Gasteiger partial charge in [0.2, 0.25) is 0 Å². The summed E-state index contributed by atoms with van der Waals surface area (Å²) >= 11 is 18.9. The summed E-state index contributed by atoms with van der Waals surface area (Å²) < 4.78 is 38.9. The third-order valence-corrected chi connectivity index (χ3v) is 7.28. The van der Waals surface area contributed by atoms with Crippen molar-refractivity contribution in [2.45, 2.75) is 38.4 Å². The Balaban J connectivity index is 1.47. The van der Waals surface area contributed by atoms with E-state index in [-0.39, 0.29) is 22.4 Å². The van der Waals surface area contributed by atoms with Crippen LogP contribution in [0.5, 0.6) is 0 Å². The van der Waals surface area contributed by atoms with Gasteiger partial charge in [0.1, 0.15) is 5.15 Å². The smallest absolute Gasteiger partial charge is 0.327 e. The van der Waals surface area contributed by atoms with E-state index in [0.29, 0.717) is 54.3 Å². The predicted octanol–water partition coefficient (Wildman–Crippen LogP) is 6.79. The molecule has 12 heteroatoms. The number of halogens is 6. The highest BCUT2D eigenvalue weighted by Gasteiger charge is 2.28. The average molecular weight is 561 g/mol. The van der Waals surface area contributed by atoms with Gasteiger partial charge in [0, 0.05) is 56.0 Å². The zero-order valence-corrected chi connectivity index (χ0v) is 21.6. The number of amides is 1. The Labute approximate surface area is 221 Å². The molecule has 0 spiro atoms. The lowest BCUT2D eigenvalue weighted by atomic mass is 10.1. The summed E-state index contributed by atoms with van der Waals surface area (Å²) in [5.41, 5.74) is 3.24. The van der Waals surface area contributed by atoms with E-state index >= 15 is 0 Å². The second-order valence-corrected chi connectivity index (χ2v) is 9.68. The van der Waals surface area contributed by atoms with Crippen molar-refractivity contribution in [3.8, 4) is 11.1 Å². The molecule has 1 aliphatic heterocycles. The second-order valence-electron chi connectivity index (χ2n) is 8.57. The molecule has 0 saturated heterocycles. The van der Waals surface area contributed by atoms with Gasteiger partial charge in [-0.15, -0.1) is 0 Å². The summed E-state index contributed by atoms with van der Waals surface area (Å²) in [7, 11) is 1.77. The largest absolute Gasteiger partial charge is 0.389 e. The number of hydrogen-bond donors (Lipinski definition) is 1. The van der Waals surface area contributed by atoms with E-state index in [1.807, 2.05) is 0 Å². The van der Waals surface area contributed by atoms with Crippen LogP contribution in [0, 0.1) is 0 Å². The Hall–Kier alpha value is -2.33. The van der Waals surface area contributed by atoms with Gasteiger partial charge in [0.15, 0.2) is 5.82 Å². The highest BCUT2D eigenvalue weighted by atomic mass is 35.5. The maximum absolute atomic E-state index is 13.1. The van der Waals surface area contributed by atoms with Gasteiger partial charge in [0.25, 0.3) is 5.91 Å². The number of carbonyl (C=O) groups excluding carboxylic acids is 1. The maximum Gasteiger partial charge on any atom is 0.389 e. The van der Waals surface area contributed by atoms with E-state index in [9.17, 15) is 18.0 Å². The molecule has 0 bridgehead atoms. The lowest BCUT2D eigenvalue weighted by Gasteiger charge is -2.26. The van der Waals surface area contributed by atoms with E-state index in [1.165, 1.54) is 6.20 Å². The predicted molar refractivity (Wildman–Crippen MR) is 135 cm³/mol. The van der Waals surface area contributed by atoms with Crippen molar-refractivity contribution in [1.82, 2.24) is 19.4 Å². The van der Waals surface area contributed by atoms with Crippen LogP contribution in [0.25, 0.3) is 11.1 Å². The highest BCUT2D eigenvalue weighted by Crippen LogP contribution is 2.39. The minimum Gasteiger partial charge on any atom is -0.327 e. The van der Waals surface area contributed by atoms with Gasteiger partial charge in [0.05, 0.1) is 21.4 Å². The summed E-state index contributed by atoms with van der Waals surface area (Å²) in [5, 5.41) is 3.51. The normalized spacial score (nSPS) is 14.1. The van der Waals surface area contributed by atoms with Crippen molar-refractivity contribution in [3.63, 3.8) is 0 Å². The zero-order chi connectivity index (χ0) is 26.0. The van der Waals surface area contributed by atoms with E-state index in [4.69, 9.17) is 34.8 Å². The fourth-order valence-electron chi connectivity index (χ4n) is 4.28. The molecule has 1 aromatic carbocycles. The van der Waals surface area contributed by atoms with Gasteiger partial charge in [-0.25, -0.2) is 9.97 Å². The second kappa shape index (κ2) is 11.0. The summed E-state index contributed by atoms with van der Waals surface area (Å²) in [6.45, 7) is 1.74. The number of hydrogen-bond acceptors (Lipinski definition) is 4. The number of fused-ring (bicyclic) bond motifs is 1. The van der Waals surface area contributed by atoms with Crippen molar-refractivity contribution in [1.29, 1.82) is 0 Å². The van der Waals surface area contributed by atoms with E-state index in [1.54, 1.807) is 35.9 Å². The molecule has 192 valence electrons. The number of pyridine rings is 1. The lowest BCUT2D eigenvalue weighted by molar-refractivity contribution is -0.135. The molecule has 0 unspecified atom stereocenters. The molecule has 4 rings (SSSR count). The van der Waals surface area contributed by atoms with Gasteiger partial charge < -0.3 is 9.88 Å². The first kappa shape index (κ1) is 26.7. The van der Waals surface area contributed by atoms with E-state index in [0.717, 1.165) is 11.4 Å². The SMILES string of the molecule is Cn1c(C(=O)Nc2cccc(-c3ccnc(Cl)c3Cl)c2Cl)nc2c1CCN(CCCCC(F)(F)F)C2. The number of carbonyl (C=O) groups is 1. The zero-order valence-electron chi connectivity index (χ0n) is 19.3. The van der Waals surface area contributed by atoms with E-state index < -0.39 is 18.5 Å². The van der Waals surface area contributed by atoms with Crippen molar-refractivity contribution in [3.05, 3.63) is 62.9 Å². The molecule has 1 amide bonds. The molecule has 0 saturated carbocycles. The van der Waals surface area contributed by atoms with Crippen molar-refractivity contribution in [2.24, 2.45) is 7.05 Å². The Morgan fingerprint density at radius 2 is 1.86 bits per heavy atom. The molecule has 6 nitrogen and oxygen atoms in total. The molecular formula is C24H23Cl3F3N5O. The topological polar surface area (TPSA) is 63.1 Å². The summed E-state index contributed by atoms with van der Waals surface area (Å²) in [4.78, 5) is 23.7. The van der Waals surface area contributed by atoms with Gasteiger partial charge in [-0.3, -0.25) is 9.69 Å². The first-order chi connectivity index (χ1) is 17.0. The first-order valence-electron chi connectivity index (χ1n) is 11.3. The molecule has 1 N–H and O–H groups in total. The number of rotatable bonds is 7. The maximum atomic E-state index is 13.1. The lowest BCUT2D eigenvalue weighted by Crippen LogP contribution is -2.32. The number of imidazole rings is 1. The molecular weight excluding hydrogens is 538 g/mol. The number of aromatic nitrogens is 3. The number of benzene rings is 1. The number of nitrogens with zero attached hydrogens (tertiary/aromatic N) is 4. The van der Waals surface area contributed by atoms with Gasteiger partial charge in [-0.05, 0) is 31.5 Å². The van der Waals surface area contributed by atoms with Crippen LogP contribution in [0.1, 0.15) is 41.3 Å².